The van der Waals surface area contributed by atoms with Crippen molar-refractivity contribution in [1.29, 1.82) is 0 Å². The van der Waals surface area contributed by atoms with Crippen LogP contribution in [0.1, 0.15) is 26.2 Å². The molecule has 2 aliphatic heterocycles. The molecule has 2 saturated heterocycles. The molecule has 2 aliphatic rings. The van der Waals surface area contributed by atoms with Crippen molar-refractivity contribution in [2.75, 3.05) is 20.1 Å². The highest BCUT2D eigenvalue weighted by Gasteiger charge is 2.44. The molecule has 0 aliphatic carbocycles. The molecule has 2 amide bonds. The minimum Gasteiger partial charge on any atom is -0.480 e. The molecule has 21 heavy (non-hydrogen) atoms. The Bertz CT molecular complexity index is 442. The molecule has 0 aromatic carbocycles. The van der Waals surface area contributed by atoms with Crippen LogP contribution in [0.25, 0.3) is 0 Å². The molecule has 3 unspecified atom stereocenters. The van der Waals surface area contributed by atoms with Crippen molar-refractivity contribution in [3.8, 4) is 0 Å². The van der Waals surface area contributed by atoms with Gasteiger partial charge < -0.3 is 15.7 Å². The Hall–Kier alpha value is -1.67. The molecule has 2 rings (SSSR count). The first-order valence-corrected chi connectivity index (χ1v) is 7.24. The number of hydrazine groups is 1. The quantitative estimate of drug-likeness (QED) is 0.601. The highest BCUT2D eigenvalue weighted by atomic mass is 16.4. The normalized spacial score (nSPS) is 27.9. The van der Waals surface area contributed by atoms with E-state index in [1.165, 1.54) is 5.01 Å². The second-order valence-corrected chi connectivity index (χ2v) is 5.49. The number of carbonyl (C=O) groups excluding carboxylic acids is 2. The van der Waals surface area contributed by atoms with Crippen LogP contribution in [0.2, 0.25) is 0 Å². The van der Waals surface area contributed by atoms with Crippen molar-refractivity contribution in [2.45, 2.75) is 44.3 Å². The van der Waals surface area contributed by atoms with Gasteiger partial charge in [0, 0.05) is 13.1 Å². The SMILES string of the molecule is CNC(C)C(=O)NC1CCCN2CCC(C(=O)O)N2C1=O. The van der Waals surface area contributed by atoms with E-state index in [4.69, 9.17) is 0 Å². The number of fused-ring (bicyclic) bond motifs is 1. The van der Waals surface area contributed by atoms with E-state index >= 15 is 0 Å². The molecule has 2 fully saturated rings. The van der Waals surface area contributed by atoms with Crippen molar-refractivity contribution in [1.82, 2.24) is 20.7 Å². The first-order valence-electron chi connectivity index (χ1n) is 7.24. The van der Waals surface area contributed by atoms with Crippen LogP contribution in [0.5, 0.6) is 0 Å². The molecule has 3 atom stereocenters. The molecule has 0 bridgehead atoms. The van der Waals surface area contributed by atoms with Gasteiger partial charge in [-0.3, -0.25) is 14.6 Å². The monoisotopic (exact) mass is 298 g/mol. The second kappa shape index (κ2) is 6.40. The van der Waals surface area contributed by atoms with Gasteiger partial charge in [0.05, 0.1) is 6.04 Å². The zero-order valence-corrected chi connectivity index (χ0v) is 12.3. The zero-order chi connectivity index (χ0) is 15.6. The minimum absolute atomic E-state index is 0.254. The van der Waals surface area contributed by atoms with Gasteiger partial charge in [0.15, 0.2) is 0 Å². The molecule has 0 saturated carbocycles. The van der Waals surface area contributed by atoms with Crippen LogP contribution in [0.3, 0.4) is 0 Å². The number of amides is 2. The molecule has 3 N–H and O–H groups in total. The Morgan fingerprint density at radius 1 is 1.33 bits per heavy atom. The van der Waals surface area contributed by atoms with Crippen LogP contribution in [0.15, 0.2) is 0 Å². The molecule has 0 aromatic rings. The Balaban J connectivity index is 2.12. The molecule has 0 spiro atoms. The summed E-state index contributed by atoms with van der Waals surface area (Å²) in [6, 6.07) is -1.87. The van der Waals surface area contributed by atoms with E-state index in [1.807, 2.05) is 0 Å². The predicted octanol–water partition coefficient (Wildman–Crippen LogP) is -1.22. The summed E-state index contributed by atoms with van der Waals surface area (Å²) in [5.74, 6) is -1.58. The maximum atomic E-state index is 12.6. The summed E-state index contributed by atoms with van der Waals surface area (Å²) in [5, 5.41) is 17.9. The largest absolute Gasteiger partial charge is 0.480 e. The highest BCUT2D eigenvalue weighted by molar-refractivity contribution is 5.91. The maximum absolute atomic E-state index is 12.6. The van der Waals surface area contributed by atoms with E-state index < -0.39 is 24.1 Å². The van der Waals surface area contributed by atoms with E-state index in [0.29, 0.717) is 25.9 Å². The Labute approximate surface area is 123 Å². The van der Waals surface area contributed by atoms with E-state index in [2.05, 4.69) is 10.6 Å². The molecule has 0 radical (unpaired) electrons. The summed E-state index contributed by atoms with van der Waals surface area (Å²) in [4.78, 5) is 35.8. The standard InChI is InChI=1S/C13H22N4O4/c1-8(14-2)11(18)15-9-4-3-6-16-7-5-10(13(20)21)17(16)12(9)19/h8-10,14H,3-7H2,1-2H3,(H,15,18)(H,20,21). The van der Waals surface area contributed by atoms with Gasteiger partial charge in [-0.25, -0.2) is 9.80 Å². The fourth-order valence-corrected chi connectivity index (χ4v) is 2.76. The van der Waals surface area contributed by atoms with Crippen LogP contribution < -0.4 is 10.6 Å². The Morgan fingerprint density at radius 3 is 2.67 bits per heavy atom. The first kappa shape index (κ1) is 15.7. The van der Waals surface area contributed by atoms with Crippen molar-refractivity contribution >= 4 is 17.8 Å². The topological polar surface area (TPSA) is 102 Å². The number of hydrogen-bond donors (Lipinski definition) is 3. The first-order chi connectivity index (χ1) is 9.95. The third kappa shape index (κ3) is 3.16. The van der Waals surface area contributed by atoms with Gasteiger partial charge in [-0.05, 0) is 33.2 Å². The van der Waals surface area contributed by atoms with Gasteiger partial charge in [0.2, 0.25) is 5.91 Å². The fraction of sp³-hybridized carbons (Fsp3) is 0.769. The number of nitrogens with zero attached hydrogens (tertiary/aromatic N) is 2. The number of carboxylic acid groups (broad SMARTS) is 1. The van der Waals surface area contributed by atoms with Crippen LogP contribution in [0.4, 0.5) is 0 Å². The van der Waals surface area contributed by atoms with Crippen molar-refractivity contribution < 1.29 is 19.5 Å². The lowest BCUT2D eigenvalue weighted by atomic mass is 10.1. The average Bonchev–Trinajstić information content (AvgIpc) is 2.82. The van der Waals surface area contributed by atoms with Crippen molar-refractivity contribution in [3.05, 3.63) is 0 Å². The predicted molar refractivity (Wildman–Crippen MR) is 74.1 cm³/mol. The second-order valence-electron chi connectivity index (χ2n) is 5.49. The van der Waals surface area contributed by atoms with E-state index in [0.717, 1.165) is 6.42 Å². The number of nitrogens with one attached hydrogen (secondary N) is 2. The maximum Gasteiger partial charge on any atom is 0.328 e. The molecular weight excluding hydrogens is 276 g/mol. The number of likely N-dealkylation sites (N-methyl/N-ethyl adjacent to an activating group) is 1. The van der Waals surface area contributed by atoms with Gasteiger partial charge in [0.1, 0.15) is 12.1 Å². The lowest BCUT2D eigenvalue weighted by Gasteiger charge is -2.30. The number of aliphatic carboxylic acids is 1. The number of hydrogen-bond acceptors (Lipinski definition) is 5. The smallest absolute Gasteiger partial charge is 0.328 e. The number of carboxylic acids is 1. The van der Waals surface area contributed by atoms with Crippen LogP contribution in [-0.2, 0) is 14.4 Å². The summed E-state index contributed by atoms with van der Waals surface area (Å²) >= 11 is 0. The van der Waals surface area contributed by atoms with Gasteiger partial charge in [-0.1, -0.05) is 0 Å². The third-order valence-electron chi connectivity index (χ3n) is 4.12. The van der Waals surface area contributed by atoms with Gasteiger partial charge in [-0.15, -0.1) is 0 Å². The lowest BCUT2D eigenvalue weighted by Crippen LogP contribution is -2.56. The summed E-state index contributed by atoms with van der Waals surface area (Å²) in [6.07, 6.45) is 1.70. The molecule has 2 heterocycles. The van der Waals surface area contributed by atoms with Crippen molar-refractivity contribution in [3.63, 3.8) is 0 Å². The number of carbonyl (C=O) groups is 3. The van der Waals surface area contributed by atoms with Gasteiger partial charge in [0.25, 0.3) is 5.91 Å². The zero-order valence-electron chi connectivity index (χ0n) is 12.3. The average molecular weight is 298 g/mol. The number of rotatable bonds is 4. The van der Waals surface area contributed by atoms with E-state index in [-0.39, 0.29) is 11.8 Å². The summed E-state index contributed by atoms with van der Waals surface area (Å²) in [6.45, 7) is 2.92. The summed E-state index contributed by atoms with van der Waals surface area (Å²) in [7, 11) is 1.67. The van der Waals surface area contributed by atoms with E-state index in [1.54, 1.807) is 19.0 Å². The highest BCUT2D eigenvalue weighted by Crippen LogP contribution is 2.24. The molecular formula is C13H22N4O4. The van der Waals surface area contributed by atoms with Gasteiger partial charge in [-0.2, -0.15) is 0 Å². The third-order valence-corrected chi connectivity index (χ3v) is 4.12. The molecule has 118 valence electrons. The lowest BCUT2D eigenvalue weighted by molar-refractivity contribution is -0.160. The van der Waals surface area contributed by atoms with Crippen LogP contribution in [-0.4, -0.2) is 71.2 Å². The summed E-state index contributed by atoms with van der Waals surface area (Å²) < 4.78 is 0. The summed E-state index contributed by atoms with van der Waals surface area (Å²) in [5.41, 5.74) is 0. The van der Waals surface area contributed by atoms with E-state index in [9.17, 15) is 19.5 Å². The van der Waals surface area contributed by atoms with Crippen LogP contribution in [0, 0.1) is 0 Å². The molecule has 8 nitrogen and oxygen atoms in total. The molecule has 0 aromatic heterocycles. The molecule has 8 heteroatoms. The fourth-order valence-electron chi connectivity index (χ4n) is 2.76. The van der Waals surface area contributed by atoms with Gasteiger partial charge >= 0.3 is 5.97 Å². The van der Waals surface area contributed by atoms with Crippen LogP contribution >= 0.6 is 0 Å². The van der Waals surface area contributed by atoms with Crippen molar-refractivity contribution in [2.24, 2.45) is 0 Å². The Kier molecular flexibility index (Phi) is 4.79. The Morgan fingerprint density at radius 2 is 2.05 bits per heavy atom. The minimum atomic E-state index is -0.999.